The van der Waals surface area contributed by atoms with Crippen LogP contribution in [0.5, 0.6) is 0 Å². The van der Waals surface area contributed by atoms with Gasteiger partial charge < -0.3 is 9.47 Å². The second-order valence-electron chi connectivity index (χ2n) is 3.72. The maximum Gasteiger partial charge on any atom is 0.306 e. The Morgan fingerprint density at radius 1 is 1.64 bits per heavy atom. The first kappa shape index (κ1) is 9.96. The largest absolute Gasteiger partial charge is 0.462 e. The summed E-state index contributed by atoms with van der Waals surface area (Å²) in [5.74, 6) is -0.452. The quantitative estimate of drug-likeness (QED) is 0.523. The summed E-state index contributed by atoms with van der Waals surface area (Å²) in [6.07, 6.45) is 0.805. The van der Waals surface area contributed by atoms with Crippen molar-refractivity contribution in [3.05, 3.63) is 0 Å². The molecule has 1 aliphatic heterocycles. The monoisotopic (exact) mass is 262 g/mol. The third kappa shape index (κ3) is 1.65. The van der Waals surface area contributed by atoms with Gasteiger partial charge in [0.05, 0.1) is 11.2 Å². The molecule has 1 heterocycles. The lowest BCUT2D eigenvalue weighted by atomic mass is 10.0. The molecule has 0 amide bonds. The van der Waals surface area contributed by atoms with E-state index >= 15 is 0 Å². The molecule has 0 spiro atoms. The summed E-state index contributed by atoms with van der Waals surface area (Å²) in [7, 11) is 0. The molecule has 0 N–H and O–H groups in total. The topological polar surface area (TPSA) is 52.6 Å². The second kappa shape index (κ2) is 3.53. The van der Waals surface area contributed by atoms with E-state index in [1.54, 1.807) is 0 Å². The zero-order chi connectivity index (χ0) is 10.3. The predicted octanol–water partition coefficient (Wildman–Crippen LogP) is 1.02. The predicted molar refractivity (Wildman–Crippen MR) is 50.9 cm³/mol. The van der Waals surface area contributed by atoms with Crippen molar-refractivity contribution in [1.29, 1.82) is 0 Å². The molecule has 2 rings (SSSR count). The van der Waals surface area contributed by atoms with Crippen molar-refractivity contribution in [3.8, 4) is 0 Å². The fourth-order valence-corrected chi connectivity index (χ4v) is 3.02. The number of hydrogen-bond donors (Lipinski definition) is 0. The van der Waals surface area contributed by atoms with Crippen LogP contribution in [0.1, 0.15) is 19.8 Å². The molecule has 5 heteroatoms. The van der Waals surface area contributed by atoms with Crippen LogP contribution in [0.4, 0.5) is 0 Å². The van der Waals surface area contributed by atoms with E-state index in [4.69, 9.17) is 9.47 Å². The van der Waals surface area contributed by atoms with E-state index in [0.717, 1.165) is 6.42 Å². The van der Waals surface area contributed by atoms with Crippen LogP contribution >= 0.6 is 15.9 Å². The van der Waals surface area contributed by atoms with Crippen molar-refractivity contribution in [2.75, 3.05) is 0 Å². The van der Waals surface area contributed by atoms with Gasteiger partial charge in [0, 0.05) is 19.3 Å². The molecule has 0 unspecified atom stereocenters. The van der Waals surface area contributed by atoms with Crippen molar-refractivity contribution in [2.45, 2.75) is 36.8 Å². The van der Waals surface area contributed by atoms with Crippen molar-refractivity contribution in [1.82, 2.24) is 0 Å². The summed E-state index contributed by atoms with van der Waals surface area (Å²) in [6, 6.07) is 0. The smallest absolute Gasteiger partial charge is 0.306 e. The van der Waals surface area contributed by atoms with Gasteiger partial charge in [-0.2, -0.15) is 0 Å². The zero-order valence-electron chi connectivity index (χ0n) is 7.73. The minimum absolute atomic E-state index is 0.0378. The molecular formula is C9H11BrO4. The standard InChI is InChI=1S/C9H11BrO4/c1-4(11)13-9-5-2-8(12)14-7(5)3-6(9)10/h5-7,9H,2-3H2,1H3/t5-,6-,7-,9-/m1/s1. The van der Waals surface area contributed by atoms with Gasteiger partial charge in [-0.1, -0.05) is 15.9 Å². The molecule has 0 aromatic carbocycles. The zero-order valence-corrected chi connectivity index (χ0v) is 9.32. The summed E-state index contributed by atoms with van der Waals surface area (Å²) >= 11 is 3.44. The van der Waals surface area contributed by atoms with Gasteiger partial charge in [-0.15, -0.1) is 0 Å². The van der Waals surface area contributed by atoms with E-state index in [2.05, 4.69) is 15.9 Å². The van der Waals surface area contributed by atoms with Crippen LogP contribution in [0.25, 0.3) is 0 Å². The van der Waals surface area contributed by atoms with Gasteiger partial charge >= 0.3 is 11.9 Å². The van der Waals surface area contributed by atoms with Gasteiger partial charge in [-0.25, -0.2) is 0 Å². The Morgan fingerprint density at radius 3 is 3.00 bits per heavy atom. The van der Waals surface area contributed by atoms with Crippen LogP contribution < -0.4 is 0 Å². The first-order chi connectivity index (χ1) is 6.58. The number of carbonyl (C=O) groups excluding carboxylic acids is 2. The Balaban J connectivity index is 2.08. The maximum atomic E-state index is 11.0. The van der Waals surface area contributed by atoms with Gasteiger partial charge in [-0.05, 0) is 0 Å². The second-order valence-corrected chi connectivity index (χ2v) is 4.90. The molecular weight excluding hydrogens is 252 g/mol. The number of halogens is 1. The molecule has 1 aliphatic carbocycles. The molecule has 4 atom stereocenters. The molecule has 0 bridgehead atoms. The minimum atomic E-state index is -0.306. The van der Waals surface area contributed by atoms with Gasteiger partial charge in [0.25, 0.3) is 0 Å². The summed E-state index contributed by atoms with van der Waals surface area (Å²) in [5.41, 5.74) is 0. The van der Waals surface area contributed by atoms with E-state index in [1.165, 1.54) is 6.92 Å². The number of esters is 2. The molecule has 0 aromatic rings. The maximum absolute atomic E-state index is 11.0. The van der Waals surface area contributed by atoms with Crippen LogP contribution in [-0.2, 0) is 19.1 Å². The lowest BCUT2D eigenvalue weighted by Crippen LogP contribution is -2.28. The van der Waals surface area contributed by atoms with E-state index in [9.17, 15) is 9.59 Å². The fourth-order valence-electron chi connectivity index (χ4n) is 2.16. The molecule has 78 valence electrons. The summed E-state index contributed by atoms with van der Waals surface area (Å²) in [6.45, 7) is 1.38. The normalized spacial score (nSPS) is 40.6. The van der Waals surface area contributed by atoms with Crippen molar-refractivity contribution in [2.24, 2.45) is 5.92 Å². The number of carbonyl (C=O) groups is 2. The van der Waals surface area contributed by atoms with Crippen molar-refractivity contribution < 1.29 is 19.1 Å². The molecule has 2 aliphatic rings. The highest BCUT2D eigenvalue weighted by Gasteiger charge is 2.51. The molecule has 2 fully saturated rings. The van der Waals surface area contributed by atoms with E-state index < -0.39 is 0 Å². The van der Waals surface area contributed by atoms with Gasteiger partial charge in [0.2, 0.25) is 0 Å². The van der Waals surface area contributed by atoms with Gasteiger partial charge in [0.15, 0.2) is 0 Å². The van der Waals surface area contributed by atoms with E-state index in [1.807, 2.05) is 0 Å². The molecule has 1 saturated heterocycles. The molecule has 0 radical (unpaired) electrons. The molecule has 4 nitrogen and oxygen atoms in total. The Labute approximate surface area is 90.1 Å². The highest BCUT2D eigenvalue weighted by molar-refractivity contribution is 9.09. The average Bonchev–Trinajstić information content (AvgIpc) is 2.51. The summed E-state index contributed by atoms with van der Waals surface area (Å²) < 4.78 is 10.3. The summed E-state index contributed by atoms with van der Waals surface area (Å²) in [4.78, 5) is 22.0. The SMILES string of the molecule is CC(=O)O[C@@H]1[C@@H]2CC(=O)O[C@@H]2C[C@H]1Br. The fraction of sp³-hybridized carbons (Fsp3) is 0.778. The van der Waals surface area contributed by atoms with Crippen molar-refractivity contribution >= 4 is 27.9 Å². The Morgan fingerprint density at radius 2 is 2.36 bits per heavy atom. The van der Waals surface area contributed by atoms with Gasteiger partial charge in [0.1, 0.15) is 12.2 Å². The van der Waals surface area contributed by atoms with Crippen LogP contribution in [0, 0.1) is 5.92 Å². The highest BCUT2D eigenvalue weighted by Crippen LogP contribution is 2.41. The van der Waals surface area contributed by atoms with Crippen LogP contribution in [0.15, 0.2) is 0 Å². The molecule has 14 heavy (non-hydrogen) atoms. The van der Waals surface area contributed by atoms with Crippen LogP contribution in [0.3, 0.4) is 0 Å². The highest BCUT2D eigenvalue weighted by atomic mass is 79.9. The number of alkyl halides is 1. The van der Waals surface area contributed by atoms with Crippen LogP contribution in [0.2, 0.25) is 0 Å². The van der Waals surface area contributed by atoms with Crippen molar-refractivity contribution in [3.63, 3.8) is 0 Å². The number of fused-ring (bicyclic) bond motifs is 1. The lowest BCUT2D eigenvalue weighted by Gasteiger charge is -2.18. The molecule has 1 saturated carbocycles. The lowest BCUT2D eigenvalue weighted by molar-refractivity contribution is -0.148. The van der Waals surface area contributed by atoms with E-state index in [0.29, 0.717) is 6.42 Å². The minimum Gasteiger partial charge on any atom is -0.462 e. The first-order valence-corrected chi connectivity index (χ1v) is 5.50. The summed E-state index contributed by atoms with van der Waals surface area (Å²) in [5, 5.41) is 0. The number of rotatable bonds is 1. The third-order valence-corrected chi connectivity index (χ3v) is 3.60. The Bertz CT molecular complexity index is 278. The van der Waals surface area contributed by atoms with E-state index in [-0.39, 0.29) is 34.9 Å². The third-order valence-electron chi connectivity index (χ3n) is 2.70. The average molecular weight is 263 g/mol. The Kier molecular flexibility index (Phi) is 2.51. The number of hydrogen-bond acceptors (Lipinski definition) is 4. The van der Waals surface area contributed by atoms with Gasteiger partial charge in [-0.3, -0.25) is 9.59 Å². The first-order valence-electron chi connectivity index (χ1n) is 4.58. The van der Waals surface area contributed by atoms with Crippen LogP contribution in [-0.4, -0.2) is 29.0 Å². The number of ether oxygens (including phenoxy) is 2. The molecule has 0 aromatic heterocycles. The Hall–Kier alpha value is -0.580.